The van der Waals surface area contributed by atoms with Gasteiger partial charge in [-0.3, -0.25) is 4.79 Å². The summed E-state index contributed by atoms with van der Waals surface area (Å²) < 4.78 is 0. The predicted molar refractivity (Wildman–Crippen MR) is 56.7 cm³/mol. The van der Waals surface area contributed by atoms with Gasteiger partial charge in [-0.1, -0.05) is 0 Å². The number of rotatable bonds is 1. The molecule has 1 saturated heterocycles. The topological polar surface area (TPSA) is 48.1 Å². The molecule has 0 amide bonds. The fraction of sp³-hybridized carbons (Fsp3) is 0.500. The Kier molecular flexibility index (Phi) is 2.54. The number of H-pyrrole nitrogens is 1. The van der Waals surface area contributed by atoms with Gasteiger partial charge in [-0.2, -0.15) is 0 Å². The van der Waals surface area contributed by atoms with Gasteiger partial charge >= 0.3 is 0 Å². The normalized spacial score (nSPS) is 22.4. The molecule has 4 nitrogen and oxygen atoms in total. The van der Waals surface area contributed by atoms with Crippen LogP contribution in [-0.4, -0.2) is 30.7 Å². The summed E-state index contributed by atoms with van der Waals surface area (Å²) in [7, 11) is 0. The third-order valence-electron chi connectivity index (χ3n) is 2.57. The van der Waals surface area contributed by atoms with Gasteiger partial charge in [0, 0.05) is 44.0 Å². The minimum atomic E-state index is 0.0597. The van der Waals surface area contributed by atoms with Crippen molar-refractivity contribution in [1.29, 1.82) is 0 Å². The van der Waals surface area contributed by atoms with Crippen molar-refractivity contribution in [2.75, 3.05) is 24.5 Å². The number of anilines is 1. The van der Waals surface area contributed by atoms with Crippen molar-refractivity contribution < 1.29 is 0 Å². The molecule has 1 atom stereocenters. The first-order valence-corrected chi connectivity index (χ1v) is 4.93. The summed E-state index contributed by atoms with van der Waals surface area (Å²) in [6.07, 6.45) is 1.70. The number of piperazine rings is 1. The van der Waals surface area contributed by atoms with Gasteiger partial charge < -0.3 is 15.2 Å². The molecule has 1 fully saturated rings. The number of hydrogen-bond acceptors (Lipinski definition) is 3. The van der Waals surface area contributed by atoms with Crippen molar-refractivity contribution in [2.24, 2.45) is 0 Å². The molecule has 76 valence electrons. The van der Waals surface area contributed by atoms with E-state index in [9.17, 15) is 4.79 Å². The van der Waals surface area contributed by atoms with Gasteiger partial charge in [0.15, 0.2) is 5.43 Å². The standard InChI is InChI=1S/C10H15N3O/c1-8-7-11-4-5-13(8)10-6-9(14)2-3-12-10/h2-3,6,8,11H,4-5,7H2,1H3,(H,12,14). The third-order valence-corrected chi connectivity index (χ3v) is 2.57. The van der Waals surface area contributed by atoms with E-state index in [2.05, 4.69) is 22.1 Å². The largest absolute Gasteiger partial charge is 0.353 e. The van der Waals surface area contributed by atoms with Gasteiger partial charge in [0.1, 0.15) is 5.82 Å². The van der Waals surface area contributed by atoms with Crippen LogP contribution >= 0.6 is 0 Å². The van der Waals surface area contributed by atoms with Crippen LogP contribution in [0.5, 0.6) is 0 Å². The number of pyridine rings is 1. The quantitative estimate of drug-likeness (QED) is 0.668. The van der Waals surface area contributed by atoms with Crippen LogP contribution in [0, 0.1) is 0 Å². The maximum atomic E-state index is 11.2. The van der Waals surface area contributed by atoms with Crippen molar-refractivity contribution in [3.8, 4) is 0 Å². The molecule has 0 spiro atoms. The lowest BCUT2D eigenvalue weighted by Gasteiger charge is -2.35. The molecule has 0 saturated carbocycles. The summed E-state index contributed by atoms with van der Waals surface area (Å²) in [6, 6.07) is 3.62. The SMILES string of the molecule is CC1CNCCN1c1cc(=O)cc[nH]1. The number of hydrogen-bond donors (Lipinski definition) is 2. The van der Waals surface area contributed by atoms with Crippen LogP contribution in [0.4, 0.5) is 5.82 Å². The molecular formula is C10H15N3O. The molecule has 4 heteroatoms. The van der Waals surface area contributed by atoms with E-state index >= 15 is 0 Å². The number of nitrogens with zero attached hydrogens (tertiary/aromatic N) is 1. The molecule has 1 aromatic rings. The van der Waals surface area contributed by atoms with E-state index in [1.807, 2.05) is 0 Å². The van der Waals surface area contributed by atoms with Gasteiger partial charge in [0.05, 0.1) is 0 Å². The summed E-state index contributed by atoms with van der Waals surface area (Å²) in [5.41, 5.74) is 0.0597. The molecule has 1 aromatic heterocycles. The fourth-order valence-electron chi connectivity index (χ4n) is 1.80. The van der Waals surface area contributed by atoms with E-state index in [0.29, 0.717) is 6.04 Å². The van der Waals surface area contributed by atoms with Gasteiger partial charge in [-0.25, -0.2) is 0 Å². The molecule has 1 aliphatic rings. The Bertz CT molecular complexity index is 360. The van der Waals surface area contributed by atoms with Crippen LogP contribution in [-0.2, 0) is 0 Å². The average Bonchev–Trinajstić information content (AvgIpc) is 2.18. The van der Waals surface area contributed by atoms with E-state index in [-0.39, 0.29) is 5.43 Å². The van der Waals surface area contributed by atoms with Crippen molar-refractivity contribution in [3.05, 3.63) is 28.6 Å². The molecule has 2 rings (SSSR count). The van der Waals surface area contributed by atoms with E-state index in [4.69, 9.17) is 0 Å². The molecule has 2 N–H and O–H groups in total. The van der Waals surface area contributed by atoms with Crippen molar-refractivity contribution in [1.82, 2.24) is 10.3 Å². The van der Waals surface area contributed by atoms with Crippen molar-refractivity contribution >= 4 is 5.82 Å². The lowest BCUT2D eigenvalue weighted by Crippen LogP contribution is -2.50. The highest BCUT2D eigenvalue weighted by molar-refractivity contribution is 5.39. The molecular weight excluding hydrogens is 178 g/mol. The number of aromatic amines is 1. The first kappa shape index (κ1) is 9.27. The lowest BCUT2D eigenvalue weighted by molar-refractivity contribution is 0.497. The van der Waals surface area contributed by atoms with E-state index in [1.54, 1.807) is 12.3 Å². The number of nitrogens with one attached hydrogen (secondary N) is 2. The van der Waals surface area contributed by atoms with Crippen molar-refractivity contribution in [2.45, 2.75) is 13.0 Å². The van der Waals surface area contributed by atoms with Gasteiger partial charge in [-0.15, -0.1) is 0 Å². The van der Waals surface area contributed by atoms with Gasteiger partial charge in [0.25, 0.3) is 0 Å². The van der Waals surface area contributed by atoms with E-state index < -0.39 is 0 Å². The Labute approximate surface area is 82.9 Å². The smallest absolute Gasteiger partial charge is 0.183 e. The summed E-state index contributed by atoms with van der Waals surface area (Å²) in [5.74, 6) is 0.923. The fourth-order valence-corrected chi connectivity index (χ4v) is 1.80. The van der Waals surface area contributed by atoms with Crippen LogP contribution in [0.15, 0.2) is 23.1 Å². The first-order chi connectivity index (χ1) is 6.77. The minimum Gasteiger partial charge on any atom is -0.353 e. The molecule has 0 aromatic carbocycles. The zero-order valence-corrected chi connectivity index (χ0v) is 8.29. The van der Waals surface area contributed by atoms with Crippen LogP contribution in [0.25, 0.3) is 0 Å². The van der Waals surface area contributed by atoms with Crippen molar-refractivity contribution in [3.63, 3.8) is 0 Å². The Morgan fingerprint density at radius 2 is 2.43 bits per heavy atom. The molecule has 1 unspecified atom stereocenters. The maximum absolute atomic E-state index is 11.2. The summed E-state index contributed by atoms with van der Waals surface area (Å²) in [4.78, 5) is 16.5. The predicted octanol–water partition coefficient (Wildman–Crippen LogP) is 0.173. The highest BCUT2D eigenvalue weighted by Gasteiger charge is 2.18. The Hall–Kier alpha value is -1.29. The molecule has 0 radical (unpaired) electrons. The summed E-state index contributed by atoms with van der Waals surface area (Å²) >= 11 is 0. The second kappa shape index (κ2) is 3.84. The van der Waals surface area contributed by atoms with Crippen LogP contribution < -0.4 is 15.6 Å². The van der Waals surface area contributed by atoms with E-state index in [1.165, 1.54) is 6.07 Å². The second-order valence-electron chi connectivity index (χ2n) is 3.66. The Morgan fingerprint density at radius 3 is 3.14 bits per heavy atom. The first-order valence-electron chi connectivity index (χ1n) is 4.93. The van der Waals surface area contributed by atoms with Gasteiger partial charge in [0.2, 0.25) is 0 Å². The molecule has 0 aliphatic carbocycles. The van der Waals surface area contributed by atoms with Crippen LogP contribution in [0.2, 0.25) is 0 Å². The Balaban J connectivity index is 2.24. The van der Waals surface area contributed by atoms with Gasteiger partial charge in [-0.05, 0) is 6.92 Å². The van der Waals surface area contributed by atoms with Crippen LogP contribution in [0.3, 0.4) is 0 Å². The zero-order valence-electron chi connectivity index (χ0n) is 8.29. The molecule has 14 heavy (non-hydrogen) atoms. The molecule has 0 bridgehead atoms. The monoisotopic (exact) mass is 193 g/mol. The third kappa shape index (κ3) is 1.80. The average molecular weight is 193 g/mol. The Morgan fingerprint density at radius 1 is 1.57 bits per heavy atom. The second-order valence-corrected chi connectivity index (χ2v) is 3.66. The maximum Gasteiger partial charge on any atom is 0.183 e. The highest BCUT2D eigenvalue weighted by Crippen LogP contribution is 2.12. The minimum absolute atomic E-state index is 0.0597. The highest BCUT2D eigenvalue weighted by atomic mass is 16.1. The van der Waals surface area contributed by atoms with Crippen LogP contribution in [0.1, 0.15) is 6.92 Å². The molecule has 1 aliphatic heterocycles. The molecule has 2 heterocycles. The van der Waals surface area contributed by atoms with E-state index in [0.717, 1.165) is 25.5 Å². The summed E-state index contributed by atoms with van der Waals surface area (Å²) in [6.45, 7) is 5.04. The lowest BCUT2D eigenvalue weighted by atomic mass is 10.2. The number of aromatic nitrogens is 1. The summed E-state index contributed by atoms with van der Waals surface area (Å²) in [5, 5.41) is 3.32. The zero-order chi connectivity index (χ0) is 9.97.